The molecular formula is C11H22N2O3S. The quantitative estimate of drug-likeness (QED) is 0.710. The van der Waals surface area contributed by atoms with Crippen molar-refractivity contribution in [2.75, 3.05) is 25.1 Å². The van der Waals surface area contributed by atoms with Crippen LogP contribution in [-0.2, 0) is 14.6 Å². The molecule has 6 heteroatoms. The van der Waals surface area contributed by atoms with Crippen LogP contribution in [-0.4, -0.2) is 45.5 Å². The van der Waals surface area contributed by atoms with Crippen LogP contribution >= 0.6 is 0 Å². The second-order valence-corrected chi connectivity index (χ2v) is 6.93. The van der Waals surface area contributed by atoms with Crippen molar-refractivity contribution >= 4 is 15.7 Å². The van der Waals surface area contributed by atoms with Crippen molar-refractivity contribution in [3.8, 4) is 0 Å². The minimum absolute atomic E-state index is 0.0143. The third-order valence-corrected chi connectivity index (χ3v) is 3.87. The second kappa shape index (κ2) is 6.96. The summed E-state index contributed by atoms with van der Waals surface area (Å²) in [6, 6.07) is 0.449. The van der Waals surface area contributed by atoms with Gasteiger partial charge in [0.25, 0.3) is 0 Å². The van der Waals surface area contributed by atoms with Crippen LogP contribution in [0.3, 0.4) is 0 Å². The Kier molecular flexibility index (Phi) is 5.91. The first-order valence-electron chi connectivity index (χ1n) is 6.15. The van der Waals surface area contributed by atoms with E-state index in [1.165, 1.54) is 19.1 Å². The maximum absolute atomic E-state index is 11.4. The summed E-state index contributed by atoms with van der Waals surface area (Å²) < 4.78 is 21.7. The van der Waals surface area contributed by atoms with E-state index in [1.807, 2.05) is 0 Å². The molecule has 1 amide bonds. The minimum Gasteiger partial charge on any atom is -0.355 e. The smallest absolute Gasteiger partial charge is 0.220 e. The van der Waals surface area contributed by atoms with Crippen molar-refractivity contribution in [1.29, 1.82) is 0 Å². The van der Waals surface area contributed by atoms with Crippen LogP contribution in [0, 0.1) is 0 Å². The fraction of sp³-hybridized carbons (Fsp3) is 0.909. The van der Waals surface area contributed by atoms with Crippen LogP contribution in [0.25, 0.3) is 0 Å². The van der Waals surface area contributed by atoms with Gasteiger partial charge in [-0.15, -0.1) is 0 Å². The summed E-state index contributed by atoms with van der Waals surface area (Å²) in [7, 11) is -2.98. The minimum atomic E-state index is -2.98. The van der Waals surface area contributed by atoms with E-state index in [9.17, 15) is 13.2 Å². The van der Waals surface area contributed by atoms with Crippen molar-refractivity contribution in [2.24, 2.45) is 0 Å². The predicted octanol–water partition coefficient (Wildman–Crippen LogP) is 0.0695. The van der Waals surface area contributed by atoms with Crippen molar-refractivity contribution in [2.45, 2.75) is 38.1 Å². The summed E-state index contributed by atoms with van der Waals surface area (Å²) in [5.41, 5.74) is 0. The zero-order valence-electron chi connectivity index (χ0n) is 10.4. The lowest BCUT2D eigenvalue weighted by Crippen LogP contribution is -2.36. The van der Waals surface area contributed by atoms with Crippen LogP contribution in [0.4, 0.5) is 0 Å². The lowest BCUT2D eigenvalue weighted by molar-refractivity contribution is -0.121. The molecule has 0 radical (unpaired) electrons. The molecule has 0 aliphatic carbocycles. The Labute approximate surface area is 103 Å². The van der Waals surface area contributed by atoms with Crippen molar-refractivity contribution in [3.05, 3.63) is 0 Å². The number of nitrogens with one attached hydrogen (secondary N) is 2. The molecular weight excluding hydrogens is 240 g/mol. The van der Waals surface area contributed by atoms with E-state index < -0.39 is 9.84 Å². The summed E-state index contributed by atoms with van der Waals surface area (Å²) in [5, 5.41) is 6.01. The summed E-state index contributed by atoms with van der Waals surface area (Å²) in [4.78, 5) is 11.4. The maximum Gasteiger partial charge on any atom is 0.220 e. The highest BCUT2D eigenvalue weighted by atomic mass is 32.2. The molecule has 2 N–H and O–H groups in total. The molecule has 5 nitrogen and oxygen atoms in total. The molecule has 1 aliphatic rings. The van der Waals surface area contributed by atoms with Crippen molar-refractivity contribution in [3.63, 3.8) is 0 Å². The number of piperidine rings is 1. The summed E-state index contributed by atoms with van der Waals surface area (Å²) in [6.45, 7) is 1.26. The predicted molar refractivity (Wildman–Crippen MR) is 67.6 cm³/mol. The van der Waals surface area contributed by atoms with Gasteiger partial charge >= 0.3 is 0 Å². The Morgan fingerprint density at radius 1 is 1.41 bits per heavy atom. The molecule has 1 rings (SSSR count). The molecule has 1 atom stereocenters. The fourth-order valence-corrected chi connectivity index (χ4v) is 2.41. The van der Waals surface area contributed by atoms with Gasteiger partial charge < -0.3 is 10.6 Å². The lowest BCUT2D eigenvalue weighted by Gasteiger charge is -2.22. The van der Waals surface area contributed by atoms with Gasteiger partial charge in [0, 0.05) is 25.3 Å². The summed E-state index contributed by atoms with van der Waals surface area (Å²) >= 11 is 0. The molecule has 1 fully saturated rings. The topological polar surface area (TPSA) is 75.3 Å². The van der Waals surface area contributed by atoms with Crippen LogP contribution in [0.5, 0.6) is 0 Å². The highest BCUT2D eigenvalue weighted by Gasteiger charge is 2.13. The number of sulfone groups is 1. The number of rotatable bonds is 6. The van der Waals surface area contributed by atoms with Gasteiger partial charge in [0.1, 0.15) is 9.84 Å². The van der Waals surface area contributed by atoms with Gasteiger partial charge in [0.05, 0.1) is 5.75 Å². The van der Waals surface area contributed by atoms with E-state index in [0.717, 1.165) is 19.4 Å². The Hall–Kier alpha value is -0.620. The van der Waals surface area contributed by atoms with Crippen molar-refractivity contribution in [1.82, 2.24) is 10.6 Å². The van der Waals surface area contributed by atoms with E-state index in [4.69, 9.17) is 0 Å². The van der Waals surface area contributed by atoms with Crippen LogP contribution in [0.1, 0.15) is 32.1 Å². The molecule has 0 saturated carbocycles. The molecule has 100 valence electrons. The average molecular weight is 262 g/mol. The zero-order chi connectivity index (χ0) is 12.7. The molecule has 0 spiro atoms. The van der Waals surface area contributed by atoms with Crippen LogP contribution in [0.2, 0.25) is 0 Å². The number of amides is 1. The van der Waals surface area contributed by atoms with Crippen LogP contribution < -0.4 is 10.6 Å². The molecule has 1 saturated heterocycles. The van der Waals surface area contributed by atoms with Gasteiger partial charge in [-0.2, -0.15) is 0 Å². The van der Waals surface area contributed by atoms with E-state index in [0.29, 0.717) is 12.5 Å². The largest absolute Gasteiger partial charge is 0.355 e. The first kappa shape index (κ1) is 14.4. The highest BCUT2D eigenvalue weighted by Crippen LogP contribution is 2.11. The summed E-state index contributed by atoms with van der Waals surface area (Å²) in [5.74, 6) is -0.0403. The monoisotopic (exact) mass is 262 g/mol. The average Bonchev–Trinajstić information content (AvgIpc) is 2.26. The Morgan fingerprint density at radius 3 is 2.76 bits per heavy atom. The maximum atomic E-state index is 11.4. The van der Waals surface area contributed by atoms with Crippen LogP contribution in [0.15, 0.2) is 0 Å². The molecule has 0 aromatic carbocycles. The second-order valence-electron chi connectivity index (χ2n) is 4.67. The van der Waals surface area contributed by atoms with Gasteiger partial charge in [0.2, 0.25) is 5.91 Å². The zero-order valence-corrected chi connectivity index (χ0v) is 11.2. The van der Waals surface area contributed by atoms with Gasteiger partial charge in [-0.1, -0.05) is 6.42 Å². The molecule has 1 aliphatic heterocycles. The fourth-order valence-electron chi connectivity index (χ4n) is 1.94. The number of hydrogen-bond acceptors (Lipinski definition) is 4. The molecule has 0 aromatic rings. The number of hydrogen-bond donors (Lipinski definition) is 2. The van der Waals surface area contributed by atoms with E-state index in [1.54, 1.807) is 0 Å². The first-order chi connectivity index (χ1) is 7.97. The van der Waals surface area contributed by atoms with Gasteiger partial charge in [-0.25, -0.2) is 8.42 Å². The summed E-state index contributed by atoms with van der Waals surface area (Å²) in [6.07, 6.45) is 6.07. The highest BCUT2D eigenvalue weighted by molar-refractivity contribution is 7.90. The van der Waals surface area contributed by atoms with E-state index >= 15 is 0 Å². The van der Waals surface area contributed by atoms with Gasteiger partial charge in [-0.3, -0.25) is 4.79 Å². The third kappa shape index (κ3) is 7.33. The Bertz CT molecular complexity index is 335. The third-order valence-electron chi connectivity index (χ3n) is 2.93. The lowest BCUT2D eigenvalue weighted by atomic mass is 10.0. The number of carbonyl (C=O) groups is 1. The molecule has 1 heterocycles. The molecule has 0 aromatic heterocycles. The SMILES string of the molecule is CS(=O)(=O)CCNC(=O)CCC1CCCCN1. The number of carbonyl (C=O) groups excluding carboxylic acids is 1. The van der Waals surface area contributed by atoms with E-state index in [-0.39, 0.29) is 18.2 Å². The Morgan fingerprint density at radius 2 is 2.18 bits per heavy atom. The molecule has 0 bridgehead atoms. The first-order valence-corrected chi connectivity index (χ1v) is 8.21. The normalized spacial score (nSPS) is 21.1. The van der Waals surface area contributed by atoms with Gasteiger partial charge in [0.15, 0.2) is 0 Å². The molecule has 1 unspecified atom stereocenters. The van der Waals surface area contributed by atoms with Crippen molar-refractivity contribution < 1.29 is 13.2 Å². The molecule has 17 heavy (non-hydrogen) atoms. The van der Waals surface area contributed by atoms with Gasteiger partial charge in [-0.05, 0) is 25.8 Å². The van der Waals surface area contributed by atoms with E-state index in [2.05, 4.69) is 10.6 Å². The Balaban J connectivity index is 2.08. The standard InChI is InChI=1S/C11H22N2O3S/c1-17(15,16)9-8-13-11(14)6-5-10-4-2-3-7-12-10/h10,12H,2-9H2,1H3,(H,13,14).